The highest BCUT2D eigenvalue weighted by atomic mass is 32.5. The summed E-state index contributed by atoms with van der Waals surface area (Å²) in [5.41, 5.74) is 0.00519. The van der Waals surface area contributed by atoms with Crippen LogP contribution in [0.4, 0.5) is 19.4 Å². The SMILES string of the molecule is [B]c1ccc(S(F)(F)(F)(F)F)cc1. The zero-order chi connectivity index (χ0) is 10.4. The van der Waals surface area contributed by atoms with E-state index >= 15 is 0 Å². The van der Waals surface area contributed by atoms with Gasteiger partial charge in [-0.2, -0.15) is 0 Å². The van der Waals surface area contributed by atoms with Gasteiger partial charge in [0.2, 0.25) is 0 Å². The van der Waals surface area contributed by atoms with Crippen molar-refractivity contribution >= 4 is 23.5 Å². The summed E-state index contributed by atoms with van der Waals surface area (Å²) in [4.78, 5) is -1.92. The largest absolute Gasteiger partial charge is 0.310 e. The van der Waals surface area contributed by atoms with Crippen molar-refractivity contribution in [1.82, 2.24) is 0 Å². The molecule has 0 heterocycles. The van der Waals surface area contributed by atoms with Crippen molar-refractivity contribution in [1.29, 1.82) is 0 Å². The lowest BCUT2D eigenvalue weighted by molar-refractivity contribution is 0.364. The molecule has 0 aliphatic rings. The van der Waals surface area contributed by atoms with E-state index in [0.29, 0.717) is 0 Å². The fraction of sp³-hybridized carbons (Fsp3) is 0. The van der Waals surface area contributed by atoms with Gasteiger partial charge in [0.05, 0.1) is 0 Å². The van der Waals surface area contributed by atoms with Crippen LogP contribution in [-0.2, 0) is 0 Å². The molecule has 0 aliphatic heterocycles. The van der Waals surface area contributed by atoms with Crippen molar-refractivity contribution in [3.05, 3.63) is 24.3 Å². The molecule has 0 nitrogen and oxygen atoms in total. The molecule has 7 heteroatoms. The molecule has 72 valence electrons. The van der Waals surface area contributed by atoms with Crippen LogP contribution in [0.25, 0.3) is 0 Å². The smallest absolute Gasteiger partial charge is 0.0966 e. The molecule has 2 radical (unpaired) electrons. The molecule has 1 aromatic rings. The summed E-state index contributed by atoms with van der Waals surface area (Å²) < 4.78 is 60.2. The van der Waals surface area contributed by atoms with Crippen molar-refractivity contribution in [2.24, 2.45) is 0 Å². The van der Waals surface area contributed by atoms with Gasteiger partial charge in [0.1, 0.15) is 12.7 Å². The number of halogens is 5. The molecule has 1 aromatic carbocycles. The van der Waals surface area contributed by atoms with E-state index < -0.39 is 15.1 Å². The Hall–Kier alpha value is -0.715. The van der Waals surface area contributed by atoms with Gasteiger partial charge in [-0.1, -0.05) is 37.0 Å². The Labute approximate surface area is 72.9 Å². The van der Waals surface area contributed by atoms with Crippen molar-refractivity contribution in [2.75, 3.05) is 0 Å². The van der Waals surface area contributed by atoms with Gasteiger partial charge in [-0.25, -0.2) is 0 Å². The molecule has 0 N–H and O–H groups in total. The van der Waals surface area contributed by atoms with Crippen LogP contribution in [-0.4, -0.2) is 7.85 Å². The summed E-state index contributed by atoms with van der Waals surface area (Å²) >= 11 is 0. The zero-order valence-corrected chi connectivity index (χ0v) is 7.00. The van der Waals surface area contributed by atoms with Crippen molar-refractivity contribution in [2.45, 2.75) is 4.90 Å². The van der Waals surface area contributed by atoms with Crippen LogP contribution in [0.2, 0.25) is 0 Å². The highest BCUT2D eigenvalue weighted by Crippen LogP contribution is 3.02. The first-order chi connectivity index (χ1) is 5.49. The van der Waals surface area contributed by atoms with E-state index in [0.717, 1.165) is 12.1 Å². The fourth-order valence-electron chi connectivity index (χ4n) is 0.725. The van der Waals surface area contributed by atoms with E-state index in [9.17, 15) is 19.4 Å². The second-order valence-corrected chi connectivity index (χ2v) is 4.95. The van der Waals surface area contributed by atoms with Crippen LogP contribution in [0.15, 0.2) is 29.2 Å². The predicted molar refractivity (Wildman–Crippen MR) is 43.2 cm³/mol. The molecule has 0 saturated heterocycles. The van der Waals surface area contributed by atoms with Crippen LogP contribution >= 0.6 is 10.2 Å². The monoisotopic (exact) mass is 214 g/mol. The average Bonchev–Trinajstić information content (AvgIpc) is 1.82. The molecule has 0 bridgehead atoms. The normalized spacial score (nSPS) is 17.6. The van der Waals surface area contributed by atoms with E-state index in [4.69, 9.17) is 7.85 Å². The highest BCUT2D eigenvalue weighted by molar-refractivity contribution is 8.45. The first kappa shape index (κ1) is 10.4. The van der Waals surface area contributed by atoms with Gasteiger partial charge in [-0.05, 0) is 12.1 Å². The van der Waals surface area contributed by atoms with Gasteiger partial charge in [0.25, 0.3) is 0 Å². The quantitative estimate of drug-likeness (QED) is 0.497. The minimum absolute atomic E-state index is 0.00519. The highest BCUT2D eigenvalue weighted by Gasteiger charge is 2.65. The van der Waals surface area contributed by atoms with E-state index in [1.165, 1.54) is 0 Å². The molecule has 13 heavy (non-hydrogen) atoms. The van der Waals surface area contributed by atoms with Crippen molar-refractivity contribution in [3.63, 3.8) is 0 Å². The van der Waals surface area contributed by atoms with Crippen LogP contribution in [0, 0.1) is 0 Å². The molecule has 0 aromatic heterocycles. The third kappa shape index (κ3) is 2.62. The third-order valence-corrected chi connectivity index (χ3v) is 2.49. The Morgan fingerprint density at radius 3 is 1.54 bits per heavy atom. The Morgan fingerprint density at radius 1 is 0.846 bits per heavy atom. The second kappa shape index (κ2) is 2.02. The van der Waals surface area contributed by atoms with Gasteiger partial charge < -0.3 is 0 Å². The first-order valence-electron chi connectivity index (χ1n) is 3.09. The summed E-state index contributed by atoms with van der Waals surface area (Å²) in [5, 5.41) is 0. The Bertz CT molecular complexity index is 325. The Balaban J connectivity index is 3.34. The van der Waals surface area contributed by atoms with Gasteiger partial charge in [-0.3, -0.25) is 0 Å². The number of rotatable bonds is 1. The van der Waals surface area contributed by atoms with Crippen LogP contribution in [0.3, 0.4) is 0 Å². The minimum Gasteiger partial charge on any atom is -0.0966 e. The molecule has 0 amide bonds. The molecule has 0 fully saturated rings. The maximum Gasteiger partial charge on any atom is 0.310 e. The van der Waals surface area contributed by atoms with Crippen LogP contribution in [0.1, 0.15) is 0 Å². The van der Waals surface area contributed by atoms with Gasteiger partial charge in [0.15, 0.2) is 0 Å². The molecule has 1 rings (SSSR count). The zero-order valence-electron chi connectivity index (χ0n) is 6.18. The number of hydrogen-bond donors (Lipinski definition) is 0. The average molecular weight is 214 g/mol. The van der Waals surface area contributed by atoms with Crippen molar-refractivity contribution in [3.8, 4) is 0 Å². The first-order valence-corrected chi connectivity index (χ1v) is 5.04. The summed E-state index contributed by atoms with van der Waals surface area (Å²) in [6, 6.07) is 2.12. The lowest BCUT2D eigenvalue weighted by Crippen LogP contribution is -2.08. The molecule has 0 unspecified atom stereocenters. The van der Waals surface area contributed by atoms with E-state index in [-0.39, 0.29) is 17.6 Å². The maximum atomic E-state index is 12.0. The van der Waals surface area contributed by atoms with E-state index in [1.807, 2.05) is 0 Å². The summed E-state index contributed by atoms with van der Waals surface area (Å²) in [5.74, 6) is 0. The fourth-order valence-corrected chi connectivity index (χ4v) is 1.38. The maximum absolute atomic E-state index is 12.0. The van der Waals surface area contributed by atoms with Gasteiger partial charge in [-0.15, -0.1) is 0 Å². The predicted octanol–water partition coefficient (Wildman–Crippen LogP) is 3.14. The van der Waals surface area contributed by atoms with Crippen LogP contribution in [0.5, 0.6) is 0 Å². The lowest BCUT2D eigenvalue weighted by atomic mass is 9.97. The standard InChI is InChI=1S/C6H4BF5S/c7-5-1-3-6(4-2-5)13(8,9,10,11)12/h1-4H. The van der Waals surface area contributed by atoms with Crippen molar-refractivity contribution < 1.29 is 19.4 Å². The summed E-state index contributed by atoms with van der Waals surface area (Å²) in [6.45, 7) is 0. The molecular formula is C6H4BF5S. The number of hydrogen-bond acceptors (Lipinski definition) is 0. The Morgan fingerprint density at radius 2 is 1.23 bits per heavy atom. The Kier molecular flexibility index (Phi) is 1.61. The second-order valence-electron chi connectivity index (χ2n) is 2.54. The molecule has 0 aliphatic carbocycles. The number of benzene rings is 1. The minimum atomic E-state index is -9.51. The molecule has 0 saturated carbocycles. The van der Waals surface area contributed by atoms with Crippen LogP contribution < -0.4 is 5.46 Å². The van der Waals surface area contributed by atoms with Gasteiger partial charge >= 0.3 is 10.2 Å². The molecule has 0 spiro atoms. The summed E-state index contributed by atoms with van der Waals surface area (Å²) in [6.07, 6.45) is 0. The lowest BCUT2D eigenvalue weighted by Gasteiger charge is -2.40. The van der Waals surface area contributed by atoms with E-state index in [2.05, 4.69) is 0 Å². The topological polar surface area (TPSA) is 0 Å². The van der Waals surface area contributed by atoms with E-state index in [1.54, 1.807) is 0 Å². The summed E-state index contributed by atoms with van der Waals surface area (Å²) in [7, 11) is -4.45. The van der Waals surface area contributed by atoms with Gasteiger partial charge in [0, 0.05) is 0 Å². The molecular weight excluding hydrogens is 210 g/mol. The third-order valence-electron chi connectivity index (χ3n) is 1.33. The molecule has 0 atom stereocenters.